The van der Waals surface area contributed by atoms with E-state index in [1.807, 2.05) is 6.92 Å². The van der Waals surface area contributed by atoms with E-state index in [2.05, 4.69) is 0 Å². The Hall–Kier alpha value is -2.92. The predicted octanol–water partition coefficient (Wildman–Crippen LogP) is 3.97. The highest BCUT2D eigenvalue weighted by atomic mass is 35.5. The van der Waals surface area contributed by atoms with Crippen molar-refractivity contribution in [2.24, 2.45) is 0 Å². The first-order chi connectivity index (χ1) is 12.5. The summed E-state index contributed by atoms with van der Waals surface area (Å²) in [5.41, 5.74) is 0.761. The van der Waals surface area contributed by atoms with Gasteiger partial charge in [0.2, 0.25) is 17.5 Å². The number of ketones is 2. The molecular formula is C20H16ClNO4. The summed E-state index contributed by atoms with van der Waals surface area (Å²) in [4.78, 5) is 39.0. The Labute approximate surface area is 155 Å². The van der Waals surface area contributed by atoms with Crippen LogP contribution < -0.4 is 9.64 Å². The number of amides is 1. The van der Waals surface area contributed by atoms with Gasteiger partial charge in [-0.25, -0.2) is 0 Å². The lowest BCUT2D eigenvalue weighted by Crippen LogP contribution is -2.36. The lowest BCUT2D eigenvalue weighted by molar-refractivity contribution is -0.116. The quantitative estimate of drug-likeness (QED) is 0.818. The summed E-state index contributed by atoms with van der Waals surface area (Å²) in [6.45, 7) is 3.69. The second-order valence-electron chi connectivity index (χ2n) is 5.65. The number of benzene rings is 2. The molecule has 0 heterocycles. The Morgan fingerprint density at radius 1 is 1.00 bits per heavy atom. The molecule has 0 bridgehead atoms. The second kappa shape index (κ2) is 7.14. The summed E-state index contributed by atoms with van der Waals surface area (Å²) < 4.78 is 5.39. The van der Waals surface area contributed by atoms with E-state index in [9.17, 15) is 14.4 Å². The Balaban J connectivity index is 2.11. The first-order valence-electron chi connectivity index (χ1n) is 8.07. The molecule has 26 heavy (non-hydrogen) atoms. The number of fused-ring (bicyclic) bond motifs is 1. The van der Waals surface area contributed by atoms with Gasteiger partial charge in [-0.15, -0.1) is 0 Å². The maximum Gasteiger partial charge on any atom is 0.228 e. The van der Waals surface area contributed by atoms with E-state index < -0.39 is 17.5 Å². The molecule has 0 N–H and O–H groups in total. The number of rotatable bonds is 4. The number of hydrogen-bond acceptors (Lipinski definition) is 4. The lowest BCUT2D eigenvalue weighted by atomic mass is 9.91. The van der Waals surface area contributed by atoms with Gasteiger partial charge in [0.05, 0.1) is 6.61 Å². The van der Waals surface area contributed by atoms with Gasteiger partial charge in [0.1, 0.15) is 16.5 Å². The number of anilines is 1. The standard InChI is InChI=1S/C20H16ClNO4/c1-3-26-14-10-8-13(9-11-14)22(12(2)23)18-17(21)19(24)15-6-4-5-7-16(15)20(18)25/h4-11H,3H2,1-2H3. The molecular weight excluding hydrogens is 354 g/mol. The third kappa shape index (κ3) is 3.02. The molecule has 0 aromatic heterocycles. The van der Waals surface area contributed by atoms with Crippen molar-refractivity contribution < 1.29 is 19.1 Å². The lowest BCUT2D eigenvalue weighted by Gasteiger charge is -2.27. The summed E-state index contributed by atoms with van der Waals surface area (Å²) >= 11 is 6.22. The van der Waals surface area contributed by atoms with E-state index in [1.165, 1.54) is 6.92 Å². The number of Topliss-reactive ketones (excluding diaryl/α,β-unsaturated/α-hetero) is 2. The third-order valence-corrected chi connectivity index (χ3v) is 4.33. The molecule has 0 atom stereocenters. The van der Waals surface area contributed by atoms with Crippen LogP contribution in [0.3, 0.4) is 0 Å². The van der Waals surface area contributed by atoms with Gasteiger partial charge in [0, 0.05) is 23.7 Å². The summed E-state index contributed by atoms with van der Waals surface area (Å²) in [5, 5.41) is -0.266. The van der Waals surface area contributed by atoms with Gasteiger partial charge in [-0.2, -0.15) is 0 Å². The number of carbonyl (C=O) groups excluding carboxylic acids is 3. The highest BCUT2D eigenvalue weighted by molar-refractivity contribution is 6.50. The van der Waals surface area contributed by atoms with Crippen molar-refractivity contribution in [3.63, 3.8) is 0 Å². The van der Waals surface area contributed by atoms with E-state index in [-0.39, 0.29) is 21.9 Å². The van der Waals surface area contributed by atoms with E-state index in [1.54, 1.807) is 48.5 Å². The second-order valence-corrected chi connectivity index (χ2v) is 6.03. The molecule has 132 valence electrons. The summed E-state index contributed by atoms with van der Waals surface area (Å²) in [7, 11) is 0. The zero-order chi connectivity index (χ0) is 18.8. The van der Waals surface area contributed by atoms with Crippen molar-refractivity contribution in [1.29, 1.82) is 0 Å². The van der Waals surface area contributed by atoms with E-state index in [4.69, 9.17) is 16.3 Å². The van der Waals surface area contributed by atoms with Crippen molar-refractivity contribution in [3.8, 4) is 5.75 Å². The molecule has 0 unspecified atom stereocenters. The molecule has 2 aromatic rings. The molecule has 3 rings (SSSR count). The fraction of sp³-hybridized carbons (Fsp3) is 0.150. The van der Waals surface area contributed by atoms with Crippen LogP contribution in [0.5, 0.6) is 5.75 Å². The number of nitrogens with zero attached hydrogens (tertiary/aromatic N) is 1. The van der Waals surface area contributed by atoms with Crippen molar-refractivity contribution >= 4 is 34.8 Å². The van der Waals surface area contributed by atoms with E-state index in [0.29, 0.717) is 18.0 Å². The number of halogens is 1. The molecule has 0 aliphatic heterocycles. The Morgan fingerprint density at radius 3 is 2.12 bits per heavy atom. The summed E-state index contributed by atoms with van der Waals surface area (Å²) in [5.74, 6) is -0.734. The van der Waals surface area contributed by atoms with Crippen molar-refractivity contribution in [3.05, 3.63) is 70.4 Å². The number of carbonyl (C=O) groups is 3. The number of hydrogen-bond donors (Lipinski definition) is 0. The fourth-order valence-corrected chi connectivity index (χ4v) is 3.13. The zero-order valence-corrected chi connectivity index (χ0v) is 15.0. The molecule has 0 saturated carbocycles. The van der Waals surface area contributed by atoms with Gasteiger partial charge in [-0.05, 0) is 31.2 Å². The molecule has 6 heteroatoms. The van der Waals surface area contributed by atoms with Crippen LogP contribution in [0.25, 0.3) is 0 Å². The predicted molar refractivity (Wildman–Crippen MR) is 98.8 cm³/mol. The number of allylic oxidation sites excluding steroid dienone is 2. The monoisotopic (exact) mass is 369 g/mol. The number of ether oxygens (including phenoxy) is 1. The van der Waals surface area contributed by atoms with Crippen LogP contribution >= 0.6 is 11.6 Å². The van der Waals surface area contributed by atoms with Crippen LogP contribution in [-0.2, 0) is 4.79 Å². The maximum absolute atomic E-state index is 12.9. The van der Waals surface area contributed by atoms with Gasteiger partial charge in [0.25, 0.3) is 0 Å². The van der Waals surface area contributed by atoms with Crippen LogP contribution in [0.1, 0.15) is 34.6 Å². The Bertz CT molecular complexity index is 931. The van der Waals surface area contributed by atoms with Gasteiger partial charge < -0.3 is 4.74 Å². The van der Waals surface area contributed by atoms with Crippen LogP contribution in [0.15, 0.2) is 59.3 Å². The zero-order valence-electron chi connectivity index (χ0n) is 14.3. The first kappa shape index (κ1) is 17.9. The van der Waals surface area contributed by atoms with Gasteiger partial charge in [-0.1, -0.05) is 35.9 Å². The maximum atomic E-state index is 12.9. The minimum atomic E-state index is -0.478. The summed E-state index contributed by atoms with van der Waals surface area (Å²) in [6, 6.07) is 13.1. The molecule has 5 nitrogen and oxygen atoms in total. The normalized spacial score (nSPS) is 13.5. The van der Waals surface area contributed by atoms with Crippen LogP contribution in [-0.4, -0.2) is 24.1 Å². The van der Waals surface area contributed by atoms with Gasteiger partial charge >= 0.3 is 0 Å². The fourth-order valence-electron chi connectivity index (χ4n) is 2.86. The molecule has 1 aliphatic rings. The Kier molecular flexibility index (Phi) is 4.91. The average molecular weight is 370 g/mol. The molecule has 0 fully saturated rings. The molecule has 1 aliphatic carbocycles. The summed E-state index contributed by atoms with van der Waals surface area (Å²) in [6.07, 6.45) is 0. The van der Waals surface area contributed by atoms with Gasteiger partial charge in [-0.3, -0.25) is 19.3 Å². The molecule has 0 spiro atoms. The largest absolute Gasteiger partial charge is 0.494 e. The van der Waals surface area contributed by atoms with E-state index >= 15 is 0 Å². The molecule has 0 radical (unpaired) electrons. The van der Waals surface area contributed by atoms with Crippen LogP contribution in [0.2, 0.25) is 0 Å². The smallest absolute Gasteiger partial charge is 0.228 e. The molecule has 1 amide bonds. The average Bonchev–Trinajstić information content (AvgIpc) is 2.64. The van der Waals surface area contributed by atoms with Crippen molar-refractivity contribution in [1.82, 2.24) is 0 Å². The van der Waals surface area contributed by atoms with Crippen molar-refractivity contribution in [2.75, 3.05) is 11.5 Å². The molecule has 2 aromatic carbocycles. The van der Waals surface area contributed by atoms with Crippen LogP contribution in [0.4, 0.5) is 5.69 Å². The van der Waals surface area contributed by atoms with Crippen molar-refractivity contribution in [2.45, 2.75) is 13.8 Å². The molecule has 0 saturated heterocycles. The third-order valence-electron chi connectivity index (χ3n) is 3.98. The van der Waals surface area contributed by atoms with Crippen LogP contribution in [0, 0.1) is 0 Å². The first-order valence-corrected chi connectivity index (χ1v) is 8.45. The van der Waals surface area contributed by atoms with E-state index in [0.717, 1.165) is 4.90 Å². The minimum Gasteiger partial charge on any atom is -0.494 e. The van der Waals surface area contributed by atoms with Gasteiger partial charge in [0.15, 0.2) is 0 Å². The minimum absolute atomic E-state index is 0.132. The topological polar surface area (TPSA) is 63.7 Å². The SMILES string of the molecule is CCOc1ccc(N(C(C)=O)C2=C(Cl)C(=O)c3ccccc3C2=O)cc1. The Morgan fingerprint density at radius 2 is 1.58 bits per heavy atom. The highest BCUT2D eigenvalue weighted by Gasteiger charge is 2.36. The highest BCUT2D eigenvalue weighted by Crippen LogP contribution is 2.33.